The third-order valence-electron chi connectivity index (χ3n) is 8.72. The van der Waals surface area contributed by atoms with Crippen LogP contribution in [-0.4, -0.2) is 23.3 Å². The van der Waals surface area contributed by atoms with Crippen LogP contribution in [-0.2, 0) is 0 Å². The summed E-state index contributed by atoms with van der Waals surface area (Å²) >= 11 is 1.62. The summed E-state index contributed by atoms with van der Waals surface area (Å²) < 4.78 is 6.94. The summed E-state index contributed by atoms with van der Waals surface area (Å²) in [6.45, 7) is 0. The fourth-order valence-electron chi connectivity index (χ4n) is 6.79. The molecule has 0 spiro atoms. The quantitative estimate of drug-likeness (QED) is 0.204. The Labute approximate surface area is 255 Å². The lowest BCUT2D eigenvalue weighted by Gasteiger charge is -2.11. The van der Waals surface area contributed by atoms with Gasteiger partial charge in [0.2, 0.25) is 0 Å². The highest BCUT2D eigenvalue weighted by Crippen LogP contribution is 2.35. The summed E-state index contributed by atoms with van der Waals surface area (Å²) in [4.78, 5) is 11.9. The zero-order valence-electron chi connectivity index (χ0n) is 23.4. The van der Waals surface area contributed by atoms with E-state index in [0.717, 1.165) is 59.8 Å². The van der Waals surface area contributed by atoms with Crippen molar-refractivity contribution in [3.8, 4) is 16.8 Å². The highest BCUT2D eigenvalue weighted by atomic mass is 32.1. The minimum Gasteiger partial charge on any atom is -0.309 e. The molecule has 0 aliphatic heterocycles. The molecule has 206 valence electrons. The maximum Gasteiger partial charge on any atom is 0.198 e. The van der Waals surface area contributed by atoms with Crippen molar-refractivity contribution < 1.29 is 0 Å². The molecule has 6 heteroatoms. The number of imidazole rings is 2. The Balaban J connectivity index is 1.28. The average Bonchev–Trinajstić information content (AvgIpc) is 3.71. The first-order chi connectivity index (χ1) is 21.8. The molecule has 10 aromatic rings. The Morgan fingerprint density at radius 2 is 0.955 bits per heavy atom. The van der Waals surface area contributed by atoms with Gasteiger partial charge in [-0.25, -0.2) is 9.97 Å². The Morgan fingerprint density at radius 1 is 0.409 bits per heavy atom. The van der Waals surface area contributed by atoms with Gasteiger partial charge in [-0.1, -0.05) is 90.2 Å². The van der Waals surface area contributed by atoms with Gasteiger partial charge in [0, 0.05) is 16.5 Å². The Morgan fingerprint density at radius 3 is 1.61 bits per heavy atom. The molecule has 4 aromatic heterocycles. The van der Waals surface area contributed by atoms with Crippen molar-refractivity contribution in [3.05, 3.63) is 140 Å². The van der Waals surface area contributed by atoms with Crippen LogP contribution in [0.3, 0.4) is 0 Å². The smallest absolute Gasteiger partial charge is 0.198 e. The van der Waals surface area contributed by atoms with E-state index in [9.17, 15) is 0 Å². The molecule has 6 aromatic carbocycles. The first-order valence-corrected chi connectivity index (χ1v) is 15.5. The van der Waals surface area contributed by atoms with E-state index in [0.29, 0.717) is 0 Å². The summed E-state index contributed by atoms with van der Waals surface area (Å²) in [5.41, 5.74) is 12.2. The van der Waals surface area contributed by atoms with Crippen LogP contribution in [0.4, 0.5) is 0 Å². The molecule has 0 N–H and O–H groups in total. The molecule has 0 bridgehead atoms. The second-order valence-electron chi connectivity index (χ2n) is 11.2. The number of rotatable bonds is 2. The monoisotopic (exact) mass is 581 g/mol. The van der Waals surface area contributed by atoms with Crippen LogP contribution in [0.5, 0.6) is 0 Å². The Hall–Kier alpha value is -5.72. The van der Waals surface area contributed by atoms with E-state index in [-0.39, 0.29) is 0 Å². The van der Waals surface area contributed by atoms with Gasteiger partial charge in [-0.05, 0) is 71.8 Å². The molecule has 0 atom stereocenters. The van der Waals surface area contributed by atoms with Crippen LogP contribution >= 0.6 is 11.3 Å². The van der Waals surface area contributed by atoms with Crippen LogP contribution in [0.1, 0.15) is 0 Å². The number of para-hydroxylation sites is 6. The predicted octanol–water partition coefficient (Wildman–Crippen LogP) is 9.83. The van der Waals surface area contributed by atoms with Crippen molar-refractivity contribution in [1.82, 2.24) is 23.3 Å². The highest BCUT2D eigenvalue weighted by molar-refractivity contribution is 7.21. The molecule has 0 fully saturated rings. The molecule has 10 rings (SSSR count). The van der Waals surface area contributed by atoms with Crippen molar-refractivity contribution in [2.24, 2.45) is 0 Å². The van der Waals surface area contributed by atoms with Crippen LogP contribution in [0, 0.1) is 0 Å². The fourth-order valence-corrected chi connectivity index (χ4v) is 7.82. The van der Waals surface area contributed by atoms with Gasteiger partial charge >= 0.3 is 0 Å². The number of nitrogens with zero attached hydrogens (tertiary/aromatic N) is 5. The minimum atomic E-state index is 0.915. The summed E-state index contributed by atoms with van der Waals surface area (Å²) in [7, 11) is 0. The zero-order valence-corrected chi connectivity index (χ0v) is 24.2. The van der Waals surface area contributed by atoms with Crippen LogP contribution in [0.2, 0.25) is 0 Å². The Bertz CT molecular complexity index is 2740. The molecule has 0 saturated carbocycles. The van der Waals surface area contributed by atoms with Crippen molar-refractivity contribution >= 4 is 76.2 Å². The third-order valence-corrected chi connectivity index (χ3v) is 9.63. The van der Waals surface area contributed by atoms with Crippen LogP contribution in [0.25, 0.3) is 81.6 Å². The predicted molar refractivity (Wildman–Crippen MR) is 183 cm³/mol. The molecule has 44 heavy (non-hydrogen) atoms. The van der Waals surface area contributed by atoms with E-state index in [1.807, 2.05) is 12.1 Å². The molecule has 4 heterocycles. The van der Waals surface area contributed by atoms with Gasteiger partial charge in [-0.3, -0.25) is 8.80 Å². The van der Waals surface area contributed by atoms with Gasteiger partial charge in [0.05, 0.1) is 44.1 Å². The first kappa shape index (κ1) is 23.8. The summed E-state index contributed by atoms with van der Waals surface area (Å²) in [6, 6.07) is 49.7. The van der Waals surface area contributed by atoms with Crippen molar-refractivity contribution in [1.29, 1.82) is 0 Å². The first-order valence-electron chi connectivity index (χ1n) is 14.7. The minimum absolute atomic E-state index is 0.915. The average molecular weight is 582 g/mol. The second kappa shape index (κ2) is 8.89. The molecule has 0 saturated heterocycles. The van der Waals surface area contributed by atoms with Gasteiger partial charge in [-0.15, -0.1) is 0 Å². The molecular formula is C38H23N5S. The van der Waals surface area contributed by atoms with E-state index in [1.165, 1.54) is 21.8 Å². The lowest BCUT2D eigenvalue weighted by molar-refractivity contribution is 1.18. The van der Waals surface area contributed by atoms with Gasteiger partial charge < -0.3 is 4.57 Å². The second-order valence-corrected chi connectivity index (χ2v) is 12.1. The molecule has 0 unspecified atom stereocenters. The third kappa shape index (κ3) is 3.28. The normalized spacial score (nSPS) is 12.1. The topological polar surface area (TPSA) is 39.5 Å². The Kier molecular flexibility index (Phi) is 4.81. The van der Waals surface area contributed by atoms with Gasteiger partial charge in [-0.2, -0.15) is 0 Å². The molecule has 0 aliphatic carbocycles. The number of benzene rings is 6. The van der Waals surface area contributed by atoms with Gasteiger partial charge in [0.1, 0.15) is 0 Å². The van der Waals surface area contributed by atoms with E-state index >= 15 is 0 Å². The SMILES string of the molecule is c1cc(-c2ccc3c(c2)n2c(nc4ccccc42)sc2nc4ccccc4n23)cc(-n2c3ccccc3c3ccccc32)c1. The number of aromatic nitrogens is 5. The largest absolute Gasteiger partial charge is 0.309 e. The van der Waals surface area contributed by atoms with Gasteiger partial charge in [0.25, 0.3) is 0 Å². The molecular weight excluding hydrogens is 559 g/mol. The molecule has 0 amide bonds. The fraction of sp³-hybridized carbons (Fsp3) is 0. The number of hydrogen-bond donors (Lipinski definition) is 0. The number of fused-ring (bicyclic) bond motifs is 12. The van der Waals surface area contributed by atoms with E-state index < -0.39 is 0 Å². The van der Waals surface area contributed by atoms with Crippen LogP contribution < -0.4 is 0 Å². The van der Waals surface area contributed by atoms with E-state index in [4.69, 9.17) is 9.97 Å². The van der Waals surface area contributed by atoms with E-state index in [1.54, 1.807) is 11.3 Å². The molecule has 0 aliphatic rings. The molecule has 0 radical (unpaired) electrons. The summed E-state index contributed by atoms with van der Waals surface area (Å²) in [5, 5.41) is 2.53. The maximum absolute atomic E-state index is 5.06. The highest BCUT2D eigenvalue weighted by Gasteiger charge is 2.16. The van der Waals surface area contributed by atoms with Gasteiger partial charge in [0.15, 0.2) is 9.92 Å². The van der Waals surface area contributed by atoms with Crippen LogP contribution in [0.15, 0.2) is 140 Å². The lowest BCUT2D eigenvalue weighted by Crippen LogP contribution is -1.94. The van der Waals surface area contributed by atoms with Crippen molar-refractivity contribution in [3.63, 3.8) is 0 Å². The number of hydrogen-bond acceptors (Lipinski definition) is 3. The summed E-state index contributed by atoms with van der Waals surface area (Å²) in [5.74, 6) is 0. The maximum atomic E-state index is 5.06. The molecule has 5 nitrogen and oxygen atoms in total. The van der Waals surface area contributed by atoms with E-state index in [2.05, 4.69) is 141 Å². The zero-order chi connectivity index (χ0) is 28.8. The van der Waals surface area contributed by atoms with Crippen molar-refractivity contribution in [2.75, 3.05) is 0 Å². The van der Waals surface area contributed by atoms with Crippen molar-refractivity contribution in [2.45, 2.75) is 0 Å². The lowest BCUT2D eigenvalue weighted by atomic mass is 10.0. The standard InChI is InChI=1S/C38H23N5S/c1-5-16-31-27(12-1)28-13-2-6-17-32(28)41(31)26-11-9-10-24(22-26)25-20-21-35-36(23-25)43-34-19-8-4-15-30(34)40-38(43)44-37-39-29-14-3-7-18-33(29)42(35)37/h1-23H. The summed E-state index contributed by atoms with van der Waals surface area (Å²) in [6.07, 6.45) is 0.